The molecule has 0 aromatic heterocycles. The van der Waals surface area contributed by atoms with Crippen molar-refractivity contribution < 1.29 is 14.3 Å². The number of ether oxygens (including phenoxy) is 1. The SMILES string of the molecule is CO[C@H]1C[C@@H](C(N)=O)N(CC(=O)NCc2cccc(Cl)c2)C1. The van der Waals surface area contributed by atoms with E-state index in [1.165, 1.54) is 0 Å². The number of hydrogen-bond acceptors (Lipinski definition) is 4. The second kappa shape index (κ2) is 7.58. The first-order valence-corrected chi connectivity index (χ1v) is 7.44. The van der Waals surface area contributed by atoms with Crippen molar-refractivity contribution in [1.82, 2.24) is 10.2 Å². The third kappa shape index (κ3) is 4.43. The molecule has 1 aromatic carbocycles. The van der Waals surface area contributed by atoms with Crippen LogP contribution in [-0.2, 0) is 20.9 Å². The number of nitrogens with zero attached hydrogens (tertiary/aromatic N) is 1. The largest absolute Gasteiger partial charge is 0.380 e. The molecule has 0 bridgehead atoms. The molecule has 7 heteroatoms. The minimum atomic E-state index is -0.457. The van der Waals surface area contributed by atoms with Gasteiger partial charge in [-0.15, -0.1) is 0 Å². The molecule has 0 unspecified atom stereocenters. The minimum Gasteiger partial charge on any atom is -0.380 e. The van der Waals surface area contributed by atoms with E-state index in [-0.39, 0.29) is 18.6 Å². The average molecular weight is 326 g/mol. The summed E-state index contributed by atoms with van der Waals surface area (Å²) in [5.74, 6) is -0.592. The normalized spacial score (nSPS) is 21.7. The fourth-order valence-electron chi connectivity index (χ4n) is 2.59. The van der Waals surface area contributed by atoms with Crippen LogP contribution in [0.2, 0.25) is 5.02 Å². The van der Waals surface area contributed by atoms with Crippen molar-refractivity contribution >= 4 is 23.4 Å². The average Bonchev–Trinajstić information content (AvgIpc) is 2.88. The highest BCUT2D eigenvalue weighted by Gasteiger charge is 2.36. The van der Waals surface area contributed by atoms with Gasteiger partial charge in [-0.3, -0.25) is 14.5 Å². The van der Waals surface area contributed by atoms with E-state index in [9.17, 15) is 9.59 Å². The van der Waals surface area contributed by atoms with E-state index in [1.54, 1.807) is 24.1 Å². The molecule has 1 aliphatic rings. The molecule has 1 aliphatic heterocycles. The van der Waals surface area contributed by atoms with Crippen molar-refractivity contribution in [2.75, 3.05) is 20.2 Å². The topological polar surface area (TPSA) is 84.7 Å². The molecule has 3 N–H and O–H groups in total. The van der Waals surface area contributed by atoms with Gasteiger partial charge in [0.25, 0.3) is 0 Å². The van der Waals surface area contributed by atoms with E-state index in [4.69, 9.17) is 22.1 Å². The molecule has 6 nitrogen and oxygen atoms in total. The van der Waals surface area contributed by atoms with Crippen molar-refractivity contribution in [2.45, 2.75) is 25.1 Å². The molecule has 120 valence electrons. The lowest BCUT2D eigenvalue weighted by Gasteiger charge is -2.20. The fraction of sp³-hybridized carbons (Fsp3) is 0.467. The molecule has 2 atom stereocenters. The smallest absolute Gasteiger partial charge is 0.234 e. The molecular formula is C15H20ClN3O3. The van der Waals surface area contributed by atoms with Gasteiger partial charge in [0.1, 0.15) is 0 Å². The maximum Gasteiger partial charge on any atom is 0.234 e. The molecule has 22 heavy (non-hydrogen) atoms. The number of methoxy groups -OCH3 is 1. The highest BCUT2D eigenvalue weighted by atomic mass is 35.5. The Morgan fingerprint density at radius 3 is 2.91 bits per heavy atom. The Kier molecular flexibility index (Phi) is 5.76. The van der Waals surface area contributed by atoms with Gasteiger partial charge in [-0.05, 0) is 24.1 Å². The van der Waals surface area contributed by atoms with E-state index >= 15 is 0 Å². The summed E-state index contributed by atoms with van der Waals surface area (Å²) in [5, 5.41) is 3.44. The van der Waals surface area contributed by atoms with Crippen LogP contribution in [0, 0.1) is 0 Å². The molecule has 0 saturated carbocycles. The predicted octanol–water partition coefficient (Wildman–Crippen LogP) is 0.531. The highest BCUT2D eigenvalue weighted by molar-refractivity contribution is 6.30. The number of carbonyl (C=O) groups excluding carboxylic acids is 2. The van der Waals surface area contributed by atoms with Crippen LogP contribution in [0.25, 0.3) is 0 Å². The summed E-state index contributed by atoms with van der Waals surface area (Å²) in [6.07, 6.45) is 0.450. The Hall–Kier alpha value is -1.63. The number of halogens is 1. The summed E-state index contributed by atoms with van der Waals surface area (Å²) >= 11 is 5.90. The number of hydrogen-bond donors (Lipinski definition) is 2. The lowest BCUT2D eigenvalue weighted by atomic mass is 10.2. The van der Waals surface area contributed by atoms with Crippen LogP contribution in [0.1, 0.15) is 12.0 Å². The Labute approximate surface area is 134 Å². The van der Waals surface area contributed by atoms with E-state index in [0.29, 0.717) is 24.5 Å². The number of primary amides is 1. The fourth-order valence-corrected chi connectivity index (χ4v) is 2.80. The van der Waals surface area contributed by atoms with Gasteiger partial charge in [0.15, 0.2) is 0 Å². The molecule has 2 rings (SSSR count). The molecule has 2 amide bonds. The standard InChI is InChI=1S/C15H20ClN3O3/c1-22-12-6-13(15(17)21)19(8-12)9-14(20)18-7-10-3-2-4-11(16)5-10/h2-5,12-13H,6-9H2,1H3,(H2,17,21)(H,18,20)/t12-,13-/m0/s1. The van der Waals surface area contributed by atoms with Gasteiger partial charge in [-0.2, -0.15) is 0 Å². The van der Waals surface area contributed by atoms with Gasteiger partial charge in [0.05, 0.1) is 18.7 Å². The zero-order valence-corrected chi connectivity index (χ0v) is 13.2. The highest BCUT2D eigenvalue weighted by Crippen LogP contribution is 2.19. The minimum absolute atomic E-state index is 0.0711. The second-order valence-electron chi connectivity index (χ2n) is 5.35. The van der Waals surface area contributed by atoms with Crippen LogP contribution in [0.5, 0.6) is 0 Å². The van der Waals surface area contributed by atoms with E-state index in [0.717, 1.165) is 5.56 Å². The maximum absolute atomic E-state index is 12.0. The molecule has 1 fully saturated rings. The third-order valence-corrected chi connectivity index (χ3v) is 3.99. The van der Waals surface area contributed by atoms with Crippen molar-refractivity contribution in [3.8, 4) is 0 Å². The molecule has 0 radical (unpaired) electrons. The van der Waals surface area contributed by atoms with Crippen molar-refractivity contribution in [2.24, 2.45) is 5.73 Å². The zero-order valence-electron chi connectivity index (χ0n) is 12.4. The number of nitrogens with one attached hydrogen (secondary N) is 1. The Balaban J connectivity index is 1.87. The predicted molar refractivity (Wildman–Crippen MR) is 83.3 cm³/mol. The summed E-state index contributed by atoms with van der Waals surface area (Å²) in [4.78, 5) is 25.2. The van der Waals surface area contributed by atoms with Gasteiger partial charge in [-0.25, -0.2) is 0 Å². The van der Waals surface area contributed by atoms with Crippen molar-refractivity contribution in [3.63, 3.8) is 0 Å². The molecule has 0 spiro atoms. The van der Waals surface area contributed by atoms with E-state index in [1.807, 2.05) is 12.1 Å². The van der Waals surface area contributed by atoms with Crippen LogP contribution < -0.4 is 11.1 Å². The molecule has 1 saturated heterocycles. The first kappa shape index (κ1) is 16.7. The van der Waals surface area contributed by atoms with Crippen LogP contribution in [0.15, 0.2) is 24.3 Å². The first-order chi connectivity index (χ1) is 10.5. The summed E-state index contributed by atoms with van der Waals surface area (Å²) in [5.41, 5.74) is 6.30. The summed E-state index contributed by atoms with van der Waals surface area (Å²) in [6.45, 7) is 1.03. The van der Waals surface area contributed by atoms with Crippen LogP contribution in [0.4, 0.5) is 0 Å². The van der Waals surface area contributed by atoms with Crippen molar-refractivity contribution in [3.05, 3.63) is 34.9 Å². The second-order valence-corrected chi connectivity index (χ2v) is 5.78. The quantitative estimate of drug-likeness (QED) is 0.799. The zero-order chi connectivity index (χ0) is 16.1. The summed E-state index contributed by atoms with van der Waals surface area (Å²) < 4.78 is 5.25. The Morgan fingerprint density at radius 2 is 2.27 bits per heavy atom. The van der Waals surface area contributed by atoms with Crippen LogP contribution >= 0.6 is 11.6 Å². The molecule has 1 heterocycles. The number of nitrogens with two attached hydrogens (primary N) is 1. The van der Waals surface area contributed by atoms with Gasteiger partial charge in [0, 0.05) is 25.2 Å². The van der Waals surface area contributed by atoms with Gasteiger partial charge in [-0.1, -0.05) is 23.7 Å². The molecule has 0 aliphatic carbocycles. The van der Waals surface area contributed by atoms with E-state index < -0.39 is 11.9 Å². The van der Waals surface area contributed by atoms with Gasteiger partial charge < -0.3 is 15.8 Å². The van der Waals surface area contributed by atoms with Gasteiger partial charge in [0.2, 0.25) is 11.8 Å². The first-order valence-electron chi connectivity index (χ1n) is 7.07. The monoisotopic (exact) mass is 325 g/mol. The number of amides is 2. The van der Waals surface area contributed by atoms with Crippen LogP contribution in [0.3, 0.4) is 0 Å². The number of rotatable bonds is 6. The molecule has 1 aromatic rings. The number of benzene rings is 1. The summed E-state index contributed by atoms with van der Waals surface area (Å²) in [7, 11) is 1.59. The van der Waals surface area contributed by atoms with Gasteiger partial charge >= 0.3 is 0 Å². The molecular weight excluding hydrogens is 306 g/mol. The Bertz CT molecular complexity index is 553. The third-order valence-electron chi connectivity index (χ3n) is 3.75. The Morgan fingerprint density at radius 1 is 1.50 bits per heavy atom. The number of carbonyl (C=O) groups is 2. The number of likely N-dealkylation sites (tertiary alicyclic amines) is 1. The van der Waals surface area contributed by atoms with E-state index in [2.05, 4.69) is 5.32 Å². The van der Waals surface area contributed by atoms with Crippen LogP contribution in [-0.4, -0.2) is 49.1 Å². The maximum atomic E-state index is 12.0. The van der Waals surface area contributed by atoms with Crippen molar-refractivity contribution in [1.29, 1.82) is 0 Å². The summed E-state index contributed by atoms with van der Waals surface area (Å²) in [6, 6.07) is 6.83. The lowest BCUT2D eigenvalue weighted by molar-refractivity contribution is -0.125. The lowest BCUT2D eigenvalue weighted by Crippen LogP contribution is -2.45.